The topological polar surface area (TPSA) is 98.2 Å². The highest BCUT2D eigenvalue weighted by atomic mass is 32.2. The Morgan fingerprint density at radius 1 is 1.28 bits per heavy atom. The fraction of sp³-hybridized carbons (Fsp3) is 0.381. The van der Waals surface area contributed by atoms with Gasteiger partial charge in [-0.05, 0) is 44.2 Å². The first-order chi connectivity index (χ1) is 13.7. The maximum atomic E-state index is 12.8. The zero-order valence-corrected chi connectivity index (χ0v) is 17.1. The number of rotatable bonds is 7. The van der Waals surface area contributed by atoms with E-state index in [1.807, 2.05) is 18.2 Å². The first kappa shape index (κ1) is 19.6. The standard InChI is InChI=1S/C21H23N3O4S/c1-14(8-9-29(2,26)27)23-18(25)17-13-22-20(21-10-15(11-21)12-21)24-19(17)28-16-6-4-3-5-7-16/h3-9,13-15H,10-12H2,1-2H3,(H,23,25)/b9-8+. The molecule has 1 N–H and O–H groups in total. The minimum atomic E-state index is -3.26. The number of nitrogens with one attached hydrogen (secondary N) is 1. The number of ether oxygens (including phenoxy) is 1. The molecule has 5 rings (SSSR count). The van der Waals surface area contributed by atoms with Crippen molar-refractivity contribution in [3.63, 3.8) is 0 Å². The van der Waals surface area contributed by atoms with Crippen molar-refractivity contribution >= 4 is 15.7 Å². The lowest BCUT2D eigenvalue weighted by molar-refractivity contribution is -0.0349. The van der Waals surface area contributed by atoms with Crippen LogP contribution in [0.25, 0.3) is 0 Å². The predicted octanol–water partition coefficient (Wildman–Crippen LogP) is 3.00. The van der Waals surface area contributed by atoms with Crippen molar-refractivity contribution in [1.29, 1.82) is 0 Å². The quantitative estimate of drug-likeness (QED) is 0.749. The number of sulfone groups is 1. The van der Waals surface area contributed by atoms with Gasteiger partial charge in [-0.1, -0.05) is 24.3 Å². The van der Waals surface area contributed by atoms with Gasteiger partial charge in [0.2, 0.25) is 5.88 Å². The highest BCUT2D eigenvalue weighted by molar-refractivity contribution is 7.93. The average Bonchev–Trinajstić information content (AvgIpc) is 2.58. The van der Waals surface area contributed by atoms with E-state index in [1.165, 1.54) is 12.3 Å². The number of hydrogen-bond acceptors (Lipinski definition) is 6. The van der Waals surface area contributed by atoms with E-state index in [0.29, 0.717) is 5.75 Å². The second kappa shape index (κ2) is 7.26. The van der Waals surface area contributed by atoms with Gasteiger partial charge in [0.25, 0.3) is 5.91 Å². The summed E-state index contributed by atoms with van der Waals surface area (Å²) in [5, 5.41) is 3.81. The Kier molecular flexibility index (Phi) is 4.90. The molecule has 0 spiro atoms. The lowest BCUT2D eigenvalue weighted by Gasteiger charge is -2.60. The van der Waals surface area contributed by atoms with Gasteiger partial charge in [-0.2, -0.15) is 4.98 Å². The summed E-state index contributed by atoms with van der Waals surface area (Å²) in [6.45, 7) is 1.69. The van der Waals surface area contributed by atoms with Crippen molar-refractivity contribution < 1.29 is 17.9 Å². The molecule has 1 aromatic carbocycles. The molecule has 2 bridgehead atoms. The van der Waals surface area contributed by atoms with Crippen LogP contribution in [0.3, 0.4) is 0 Å². The number of carbonyl (C=O) groups excluding carboxylic acids is 1. The van der Waals surface area contributed by atoms with Crippen LogP contribution in [-0.4, -0.2) is 36.6 Å². The normalized spacial score (nSPS) is 23.7. The lowest BCUT2D eigenvalue weighted by atomic mass is 9.44. The lowest BCUT2D eigenvalue weighted by Crippen LogP contribution is -2.56. The third-order valence-corrected chi connectivity index (χ3v) is 6.09. The summed E-state index contributed by atoms with van der Waals surface area (Å²) in [4.78, 5) is 21.9. The second-order valence-corrected chi connectivity index (χ2v) is 9.94. The molecular weight excluding hydrogens is 390 g/mol. The Bertz CT molecular complexity index is 1050. The van der Waals surface area contributed by atoms with E-state index in [0.717, 1.165) is 42.7 Å². The molecule has 1 heterocycles. The Labute approximate surface area is 170 Å². The van der Waals surface area contributed by atoms with Crippen molar-refractivity contribution in [3.8, 4) is 11.6 Å². The molecule has 0 saturated heterocycles. The molecule has 8 heteroatoms. The van der Waals surface area contributed by atoms with Crippen LogP contribution < -0.4 is 10.1 Å². The molecule has 1 amide bonds. The fourth-order valence-electron chi connectivity index (χ4n) is 3.80. The summed E-state index contributed by atoms with van der Waals surface area (Å²) in [7, 11) is -3.26. The van der Waals surface area contributed by atoms with Crippen molar-refractivity contribution in [3.05, 3.63) is 59.4 Å². The first-order valence-electron chi connectivity index (χ1n) is 9.54. The van der Waals surface area contributed by atoms with Crippen molar-refractivity contribution in [2.75, 3.05) is 6.26 Å². The number of carbonyl (C=O) groups is 1. The van der Waals surface area contributed by atoms with Crippen LogP contribution in [0.1, 0.15) is 42.4 Å². The Balaban J connectivity index is 1.59. The van der Waals surface area contributed by atoms with Gasteiger partial charge in [-0.15, -0.1) is 0 Å². The van der Waals surface area contributed by atoms with Gasteiger partial charge in [0.05, 0.1) is 0 Å². The van der Waals surface area contributed by atoms with E-state index < -0.39 is 21.8 Å². The van der Waals surface area contributed by atoms with Gasteiger partial charge in [0.15, 0.2) is 9.84 Å². The van der Waals surface area contributed by atoms with Crippen LogP contribution >= 0.6 is 0 Å². The molecule has 1 atom stereocenters. The first-order valence-corrected chi connectivity index (χ1v) is 11.5. The summed E-state index contributed by atoms with van der Waals surface area (Å²) < 4.78 is 28.5. The number of hydrogen-bond donors (Lipinski definition) is 1. The highest BCUT2D eigenvalue weighted by Gasteiger charge is 2.59. The minimum Gasteiger partial charge on any atom is -0.438 e. The number of amides is 1. The van der Waals surface area contributed by atoms with Gasteiger partial charge < -0.3 is 10.1 Å². The number of aromatic nitrogens is 2. The SMILES string of the molecule is CC(/C=C/S(C)(=O)=O)NC(=O)c1cnc(C23CC(C2)C3)nc1Oc1ccccc1. The molecule has 7 nitrogen and oxygen atoms in total. The summed E-state index contributed by atoms with van der Waals surface area (Å²) in [6.07, 6.45) is 7.30. The van der Waals surface area contributed by atoms with Crippen molar-refractivity contribution in [2.24, 2.45) is 5.92 Å². The summed E-state index contributed by atoms with van der Waals surface area (Å²) in [6, 6.07) is 8.67. The molecule has 3 saturated carbocycles. The summed E-state index contributed by atoms with van der Waals surface area (Å²) in [5.41, 5.74) is 0.254. The van der Waals surface area contributed by atoms with Gasteiger partial charge >= 0.3 is 0 Å². The van der Waals surface area contributed by atoms with E-state index in [-0.39, 0.29) is 16.9 Å². The third-order valence-electron chi connectivity index (χ3n) is 5.44. The molecule has 152 valence electrons. The smallest absolute Gasteiger partial charge is 0.258 e. The van der Waals surface area contributed by atoms with Crippen LogP contribution in [0.2, 0.25) is 0 Å². The van der Waals surface area contributed by atoms with Gasteiger partial charge in [-0.3, -0.25) is 4.79 Å². The van der Waals surface area contributed by atoms with E-state index in [2.05, 4.69) is 15.3 Å². The van der Waals surface area contributed by atoms with Crippen molar-refractivity contribution in [2.45, 2.75) is 37.6 Å². The maximum Gasteiger partial charge on any atom is 0.258 e. The molecule has 3 aliphatic rings. The summed E-state index contributed by atoms with van der Waals surface area (Å²) in [5.74, 6) is 1.87. The van der Waals surface area contributed by atoms with E-state index in [1.54, 1.807) is 19.1 Å². The molecular formula is C21H23N3O4S. The Morgan fingerprint density at radius 3 is 2.55 bits per heavy atom. The van der Waals surface area contributed by atoms with Crippen LogP contribution in [-0.2, 0) is 15.3 Å². The monoisotopic (exact) mass is 413 g/mol. The van der Waals surface area contributed by atoms with Crippen molar-refractivity contribution in [1.82, 2.24) is 15.3 Å². The van der Waals surface area contributed by atoms with E-state index in [9.17, 15) is 13.2 Å². The third kappa shape index (κ3) is 4.17. The number of benzene rings is 1. The zero-order chi connectivity index (χ0) is 20.6. The molecule has 0 aliphatic heterocycles. The van der Waals surface area contributed by atoms with Gasteiger partial charge in [-0.25, -0.2) is 13.4 Å². The molecule has 1 aromatic heterocycles. The highest BCUT2D eigenvalue weighted by Crippen LogP contribution is 2.64. The minimum absolute atomic E-state index is 0.0417. The molecule has 3 aliphatic carbocycles. The van der Waals surface area contributed by atoms with Gasteiger partial charge in [0.1, 0.15) is 17.1 Å². The Morgan fingerprint density at radius 2 is 1.97 bits per heavy atom. The van der Waals surface area contributed by atoms with Gasteiger partial charge in [0, 0.05) is 29.3 Å². The Hall–Kier alpha value is -2.74. The second-order valence-electron chi connectivity index (χ2n) is 8.01. The summed E-state index contributed by atoms with van der Waals surface area (Å²) >= 11 is 0. The van der Waals surface area contributed by atoms with E-state index in [4.69, 9.17) is 4.74 Å². The van der Waals surface area contributed by atoms with Crippen LogP contribution in [0.15, 0.2) is 48.0 Å². The predicted molar refractivity (Wildman–Crippen MR) is 108 cm³/mol. The largest absolute Gasteiger partial charge is 0.438 e. The molecule has 2 aromatic rings. The van der Waals surface area contributed by atoms with Crippen LogP contribution in [0.5, 0.6) is 11.6 Å². The van der Waals surface area contributed by atoms with Crippen LogP contribution in [0.4, 0.5) is 0 Å². The van der Waals surface area contributed by atoms with E-state index >= 15 is 0 Å². The maximum absolute atomic E-state index is 12.8. The number of nitrogens with zero attached hydrogens (tertiary/aromatic N) is 2. The van der Waals surface area contributed by atoms with Crippen LogP contribution in [0, 0.1) is 5.92 Å². The average molecular weight is 413 g/mol. The molecule has 0 radical (unpaired) electrons. The molecule has 1 unspecified atom stereocenters. The molecule has 29 heavy (non-hydrogen) atoms. The zero-order valence-electron chi connectivity index (χ0n) is 16.3. The molecule has 3 fully saturated rings. The fourth-order valence-corrected chi connectivity index (χ4v) is 4.32. The number of para-hydroxylation sites is 1.